The minimum atomic E-state index is -0.458. The molecule has 28 heavy (non-hydrogen) atoms. The van der Waals surface area contributed by atoms with Gasteiger partial charge >= 0.3 is 0 Å². The van der Waals surface area contributed by atoms with Gasteiger partial charge in [0.2, 0.25) is 12.7 Å². The minimum absolute atomic E-state index is 0. The van der Waals surface area contributed by atoms with Crippen molar-refractivity contribution >= 4 is 22.5 Å². The van der Waals surface area contributed by atoms with Crippen molar-refractivity contribution in [2.75, 3.05) is 12.1 Å². The average Bonchev–Trinajstić information content (AvgIpc) is 3.55. The van der Waals surface area contributed by atoms with Gasteiger partial charge < -0.3 is 19.8 Å². The summed E-state index contributed by atoms with van der Waals surface area (Å²) >= 11 is 0. The van der Waals surface area contributed by atoms with Crippen LogP contribution in [0.5, 0.6) is 11.5 Å². The van der Waals surface area contributed by atoms with E-state index in [9.17, 15) is 4.79 Å². The summed E-state index contributed by atoms with van der Waals surface area (Å²) in [4.78, 5) is 16.6. The number of rotatable bonds is 4. The van der Waals surface area contributed by atoms with Gasteiger partial charge in [0.1, 0.15) is 0 Å². The zero-order valence-corrected chi connectivity index (χ0v) is 15.8. The maximum atomic E-state index is 13.1. The molecule has 5 nitrogen and oxygen atoms in total. The van der Waals surface area contributed by atoms with E-state index in [0.29, 0.717) is 5.41 Å². The molecule has 1 aliphatic heterocycles. The molecule has 3 aromatic rings. The van der Waals surface area contributed by atoms with Crippen LogP contribution in [0, 0.1) is 0 Å². The van der Waals surface area contributed by atoms with E-state index in [2.05, 4.69) is 35.4 Å². The van der Waals surface area contributed by atoms with E-state index < -0.39 is 5.41 Å². The summed E-state index contributed by atoms with van der Waals surface area (Å²) in [6, 6.07) is 14.2. The number of ether oxygens (including phenoxy) is 2. The van der Waals surface area contributed by atoms with Gasteiger partial charge in [-0.25, -0.2) is 0 Å². The van der Waals surface area contributed by atoms with Gasteiger partial charge in [-0.15, -0.1) is 0 Å². The first kappa shape index (κ1) is 16.0. The summed E-state index contributed by atoms with van der Waals surface area (Å²) in [6.07, 6.45) is 4.18. The first-order chi connectivity index (χ1) is 13.6. The molecule has 2 aliphatic carbocycles. The summed E-state index contributed by atoms with van der Waals surface area (Å²) in [5.41, 5.74) is 4.11. The lowest BCUT2D eigenvalue weighted by molar-refractivity contribution is -0.118. The zero-order valence-electron chi connectivity index (χ0n) is 15.8. The van der Waals surface area contributed by atoms with E-state index in [4.69, 9.17) is 9.47 Å². The number of carbonyl (C=O) groups is 1. The Hall–Kier alpha value is -2.95. The highest BCUT2D eigenvalue weighted by molar-refractivity contribution is 6.02. The fourth-order valence-electron chi connectivity index (χ4n) is 4.21. The number of aromatic nitrogens is 1. The second kappa shape index (κ2) is 5.31. The number of nitrogens with one attached hydrogen (secondary N) is 2. The van der Waals surface area contributed by atoms with Crippen molar-refractivity contribution in [1.29, 1.82) is 0 Å². The molecule has 0 saturated heterocycles. The summed E-state index contributed by atoms with van der Waals surface area (Å²) < 4.78 is 10.9. The predicted octanol–water partition coefficient (Wildman–Crippen LogP) is 4.86. The highest BCUT2D eigenvalue weighted by Gasteiger charge is 2.51. The molecule has 5 heteroatoms. The van der Waals surface area contributed by atoms with Gasteiger partial charge in [0.05, 0.1) is 5.41 Å². The van der Waals surface area contributed by atoms with Crippen molar-refractivity contribution in [3.63, 3.8) is 0 Å². The molecule has 0 bridgehead atoms. The number of aromatic amines is 1. The summed E-state index contributed by atoms with van der Waals surface area (Å²) in [6.45, 7) is 2.54. The van der Waals surface area contributed by atoms with Crippen molar-refractivity contribution in [1.82, 2.24) is 4.98 Å². The molecule has 2 heterocycles. The highest BCUT2D eigenvalue weighted by atomic mass is 16.7. The standard InChI is InChI=1S/C23H22N2O3.H2/c1-22(6-7-22)20-11-14-10-16(3-4-17(14)25-20)24-21(26)23(8-9-23)15-2-5-18-19(12-15)28-13-27-18;/h2-5,10-12,25H,6-9,13H2,1H3,(H,24,26);1H. The molecule has 0 radical (unpaired) electrons. The molecule has 144 valence electrons. The topological polar surface area (TPSA) is 63.4 Å². The van der Waals surface area contributed by atoms with Gasteiger partial charge in [0.15, 0.2) is 11.5 Å². The Balaban J connectivity index is 0.00000181. The van der Waals surface area contributed by atoms with Crippen LogP contribution in [0.15, 0.2) is 42.5 Å². The van der Waals surface area contributed by atoms with E-state index in [1.165, 1.54) is 18.5 Å². The van der Waals surface area contributed by atoms with Crippen LogP contribution in [0.2, 0.25) is 0 Å². The van der Waals surface area contributed by atoms with E-state index in [1.807, 2.05) is 24.3 Å². The Labute approximate surface area is 164 Å². The summed E-state index contributed by atoms with van der Waals surface area (Å²) in [7, 11) is 0. The number of amides is 1. The van der Waals surface area contributed by atoms with Crippen LogP contribution >= 0.6 is 0 Å². The van der Waals surface area contributed by atoms with Crippen LogP contribution in [-0.4, -0.2) is 17.7 Å². The molecule has 0 spiro atoms. The molecule has 0 unspecified atom stereocenters. The maximum absolute atomic E-state index is 13.1. The first-order valence-electron chi connectivity index (χ1n) is 9.91. The average molecular weight is 376 g/mol. The van der Waals surface area contributed by atoms with Gasteiger partial charge in [0.25, 0.3) is 0 Å². The third-order valence-electron chi connectivity index (χ3n) is 6.64. The third kappa shape index (κ3) is 2.35. The lowest BCUT2D eigenvalue weighted by Crippen LogP contribution is -2.27. The summed E-state index contributed by atoms with van der Waals surface area (Å²) in [5.74, 6) is 1.53. The molecule has 1 amide bonds. The SMILES string of the molecule is CC1(c2cc3cc(NC(=O)C4(c5ccc6c(c5)OCO6)CC4)ccc3[nH]2)CC1.[HH]. The Kier molecular flexibility index (Phi) is 3.04. The third-order valence-corrected chi connectivity index (χ3v) is 6.64. The number of fused-ring (bicyclic) bond motifs is 2. The van der Waals surface area contributed by atoms with Gasteiger partial charge in [0, 0.05) is 29.1 Å². The number of anilines is 1. The quantitative estimate of drug-likeness (QED) is 0.683. The van der Waals surface area contributed by atoms with Crippen LogP contribution in [-0.2, 0) is 15.6 Å². The second-order valence-corrected chi connectivity index (χ2v) is 8.65. The van der Waals surface area contributed by atoms with E-state index in [0.717, 1.165) is 46.5 Å². The van der Waals surface area contributed by atoms with Crippen LogP contribution < -0.4 is 14.8 Å². The summed E-state index contributed by atoms with van der Waals surface area (Å²) in [5, 5.41) is 4.29. The van der Waals surface area contributed by atoms with Crippen LogP contribution in [0.3, 0.4) is 0 Å². The van der Waals surface area contributed by atoms with Gasteiger partial charge in [-0.1, -0.05) is 13.0 Å². The van der Waals surface area contributed by atoms with Gasteiger partial charge in [-0.05, 0) is 67.6 Å². The van der Waals surface area contributed by atoms with Crippen molar-refractivity contribution in [3.05, 3.63) is 53.7 Å². The van der Waals surface area contributed by atoms with E-state index in [-0.39, 0.29) is 14.1 Å². The number of benzene rings is 2. The van der Waals surface area contributed by atoms with Crippen LogP contribution in [0.1, 0.15) is 45.3 Å². The predicted molar refractivity (Wildman–Crippen MR) is 109 cm³/mol. The molecule has 2 aromatic carbocycles. The van der Waals surface area contributed by atoms with Crippen molar-refractivity contribution in [2.45, 2.75) is 43.4 Å². The zero-order chi connectivity index (χ0) is 18.9. The fraction of sp³-hybridized carbons (Fsp3) is 0.348. The normalized spacial score (nSPS) is 20.2. The van der Waals surface area contributed by atoms with Gasteiger partial charge in [-0.2, -0.15) is 0 Å². The first-order valence-corrected chi connectivity index (χ1v) is 9.91. The minimum Gasteiger partial charge on any atom is -0.454 e. The van der Waals surface area contributed by atoms with Crippen LogP contribution in [0.4, 0.5) is 5.69 Å². The largest absolute Gasteiger partial charge is 0.454 e. The molecule has 2 N–H and O–H groups in total. The smallest absolute Gasteiger partial charge is 0.235 e. The molecular formula is C23H24N2O3. The Bertz CT molecular complexity index is 1130. The monoisotopic (exact) mass is 376 g/mol. The molecule has 2 fully saturated rings. The Morgan fingerprint density at radius 1 is 1.04 bits per heavy atom. The molecule has 3 aliphatic rings. The van der Waals surface area contributed by atoms with Gasteiger partial charge in [-0.3, -0.25) is 4.79 Å². The van der Waals surface area contributed by atoms with Crippen molar-refractivity contribution < 1.29 is 15.7 Å². The second-order valence-electron chi connectivity index (χ2n) is 8.65. The van der Waals surface area contributed by atoms with E-state index in [1.54, 1.807) is 0 Å². The molecule has 2 saturated carbocycles. The molecule has 0 atom stereocenters. The van der Waals surface area contributed by atoms with Crippen molar-refractivity contribution in [2.24, 2.45) is 0 Å². The number of carbonyl (C=O) groups excluding carboxylic acids is 1. The maximum Gasteiger partial charge on any atom is 0.235 e. The lowest BCUT2D eigenvalue weighted by atomic mass is 9.94. The molecular weight excluding hydrogens is 352 g/mol. The highest BCUT2D eigenvalue weighted by Crippen LogP contribution is 2.51. The number of hydrogen-bond donors (Lipinski definition) is 2. The molecule has 1 aromatic heterocycles. The van der Waals surface area contributed by atoms with Crippen LogP contribution in [0.25, 0.3) is 10.9 Å². The number of H-pyrrole nitrogens is 1. The lowest BCUT2D eigenvalue weighted by Gasteiger charge is -2.16. The molecule has 6 rings (SSSR count). The number of hydrogen-bond acceptors (Lipinski definition) is 3. The van der Waals surface area contributed by atoms with Crippen molar-refractivity contribution in [3.8, 4) is 11.5 Å². The van der Waals surface area contributed by atoms with E-state index >= 15 is 0 Å². The Morgan fingerprint density at radius 3 is 2.64 bits per heavy atom. The Morgan fingerprint density at radius 2 is 1.86 bits per heavy atom. The fourth-order valence-corrected chi connectivity index (χ4v) is 4.21.